The maximum absolute atomic E-state index is 12.3. The summed E-state index contributed by atoms with van der Waals surface area (Å²) in [6.07, 6.45) is 4.77. The summed E-state index contributed by atoms with van der Waals surface area (Å²) >= 11 is 1.71. The first-order chi connectivity index (χ1) is 8.66. The molecule has 0 bridgehead atoms. The van der Waals surface area contributed by atoms with Crippen LogP contribution in [0, 0.1) is 0 Å². The zero-order valence-electron chi connectivity index (χ0n) is 11.2. The van der Waals surface area contributed by atoms with E-state index in [1.54, 1.807) is 11.3 Å². The number of nitrogens with zero attached hydrogens (tertiary/aromatic N) is 1. The largest absolute Gasteiger partial charge is 0.335 e. The molecule has 3 nitrogen and oxygen atoms in total. The van der Waals surface area contributed by atoms with Crippen molar-refractivity contribution in [3.63, 3.8) is 0 Å². The molecule has 18 heavy (non-hydrogen) atoms. The molecule has 0 atom stereocenters. The molecule has 100 valence electrons. The van der Waals surface area contributed by atoms with E-state index in [4.69, 9.17) is 0 Å². The smallest absolute Gasteiger partial charge is 0.318 e. The fraction of sp³-hybridized carbons (Fsp3) is 0.643. The van der Waals surface area contributed by atoms with Gasteiger partial charge in [0.2, 0.25) is 0 Å². The molecule has 1 saturated carbocycles. The molecule has 0 saturated heterocycles. The van der Waals surface area contributed by atoms with Gasteiger partial charge in [0.15, 0.2) is 0 Å². The second-order valence-corrected chi connectivity index (χ2v) is 6.26. The Hall–Kier alpha value is -1.03. The molecule has 0 aliphatic heterocycles. The number of amides is 2. The van der Waals surface area contributed by atoms with Crippen LogP contribution in [0.3, 0.4) is 0 Å². The second-order valence-electron chi connectivity index (χ2n) is 5.23. The van der Waals surface area contributed by atoms with Crippen molar-refractivity contribution in [3.8, 4) is 0 Å². The van der Waals surface area contributed by atoms with Gasteiger partial charge in [0.1, 0.15) is 0 Å². The Kier molecular flexibility index (Phi) is 4.64. The van der Waals surface area contributed by atoms with Gasteiger partial charge in [-0.05, 0) is 38.1 Å². The molecule has 1 fully saturated rings. The van der Waals surface area contributed by atoms with Crippen LogP contribution >= 0.6 is 11.3 Å². The Morgan fingerprint density at radius 2 is 2.22 bits per heavy atom. The molecular weight excluding hydrogens is 244 g/mol. The zero-order valence-corrected chi connectivity index (χ0v) is 12.0. The zero-order chi connectivity index (χ0) is 13.0. The van der Waals surface area contributed by atoms with Gasteiger partial charge in [-0.25, -0.2) is 4.79 Å². The van der Waals surface area contributed by atoms with Crippen LogP contribution in [0.1, 0.15) is 44.4 Å². The van der Waals surface area contributed by atoms with E-state index in [1.165, 1.54) is 17.7 Å². The number of hydrogen-bond donors (Lipinski definition) is 1. The summed E-state index contributed by atoms with van der Waals surface area (Å²) in [5.74, 6) is 0. The number of nitrogens with one attached hydrogen (secondary N) is 1. The summed E-state index contributed by atoms with van der Waals surface area (Å²) in [5.41, 5.74) is 0. The van der Waals surface area contributed by atoms with Crippen LogP contribution in [0.4, 0.5) is 4.79 Å². The average molecular weight is 266 g/mol. The summed E-state index contributed by atoms with van der Waals surface area (Å²) in [6, 6.07) is 4.83. The van der Waals surface area contributed by atoms with Crippen molar-refractivity contribution >= 4 is 17.4 Å². The Morgan fingerprint density at radius 3 is 2.78 bits per heavy atom. The summed E-state index contributed by atoms with van der Waals surface area (Å²) in [7, 11) is 0. The molecule has 0 unspecified atom stereocenters. The third-order valence-electron chi connectivity index (χ3n) is 3.47. The van der Waals surface area contributed by atoms with Gasteiger partial charge >= 0.3 is 6.03 Å². The predicted molar refractivity (Wildman–Crippen MR) is 75.8 cm³/mol. The van der Waals surface area contributed by atoms with Gasteiger partial charge in [-0.15, -0.1) is 11.3 Å². The van der Waals surface area contributed by atoms with Gasteiger partial charge in [0.25, 0.3) is 0 Å². The van der Waals surface area contributed by atoms with E-state index in [2.05, 4.69) is 30.6 Å². The standard InChI is InChI=1S/C14H22N2OS/c1-11(2)16(10-13-8-5-9-18-13)14(17)15-12-6-3-4-7-12/h5,8-9,11-12H,3-4,6-7,10H2,1-2H3,(H,15,17). The number of carbonyl (C=O) groups is 1. The first-order valence-corrected chi connectivity index (χ1v) is 7.64. The Balaban J connectivity index is 1.93. The number of urea groups is 1. The van der Waals surface area contributed by atoms with E-state index in [0.29, 0.717) is 12.6 Å². The lowest BCUT2D eigenvalue weighted by atomic mass is 10.2. The minimum absolute atomic E-state index is 0.0882. The van der Waals surface area contributed by atoms with Crippen molar-refractivity contribution in [3.05, 3.63) is 22.4 Å². The van der Waals surface area contributed by atoms with Crippen LogP contribution in [0.25, 0.3) is 0 Å². The predicted octanol–water partition coefficient (Wildman–Crippen LogP) is 3.61. The van der Waals surface area contributed by atoms with Crippen molar-refractivity contribution in [2.75, 3.05) is 0 Å². The average Bonchev–Trinajstić information content (AvgIpc) is 2.97. The van der Waals surface area contributed by atoms with Crippen LogP contribution < -0.4 is 5.32 Å². The van der Waals surface area contributed by atoms with Crippen LogP contribution in [-0.4, -0.2) is 23.0 Å². The topological polar surface area (TPSA) is 32.3 Å². The fourth-order valence-corrected chi connectivity index (χ4v) is 3.09. The molecule has 1 aromatic heterocycles. The Labute approximate surface area is 113 Å². The molecule has 1 aromatic rings. The van der Waals surface area contributed by atoms with Crippen molar-refractivity contribution in [2.45, 2.75) is 58.2 Å². The van der Waals surface area contributed by atoms with E-state index >= 15 is 0 Å². The lowest BCUT2D eigenvalue weighted by Crippen LogP contribution is -2.46. The van der Waals surface area contributed by atoms with E-state index in [1.807, 2.05) is 11.0 Å². The third-order valence-corrected chi connectivity index (χ3v) is 4.33. The first-order valence-electron chi connectivity index (χ1n) is 6.76. The molecular formula is C14H22N2OS. The highest BCUT2D eigenvalue weighted by Crippen LogP contribution is 2.19. The van der Waals surface area contributed by atoms with E-state index in [0.717, 1.165) is 12.8 Å². The van der Waals surface area contributed by atoms with Crippen LogP contribution in [0.5, 0.6) is 0 Å². The van der Waals surface area contributed by atoms with Crippen molar-refractivity contribution in [2.24, 2.45) is 0 Å². The Morgan fingerprint density at radius 1 is 1.50 bits per heavy atom. The number of hydrogen-bond acceptors (Lipinski definition) is 2. The van der Waals surface area contributed by atoms with Gasteiger partial charge in [-0.1, -0.05) is 18.9 Å². The Bertz CT molecular complexity index is 369. The summed E-state index contributed by atoms with van der Waals surface area (Å²) < 4.78 is 0. The van der Waals surface area contributed by atoms with Crippen molar-refractivity contribution in [1.82, 2.24) is 10.2 Å². The maximum atomic E-state index is 12.3. The van der Waals surface area contributed by atoms with Crippen LogP contribution in [0.15, 0.2) is 17.5 Å². The second kappa shape index (κ2) is 6.23. The summed E-state index contributed by atoms with van der Waals surface area (Å²) in [5, 5.41) is 5.22. The highest BCUT2D eigenvalue weighted by atomic mass is 32.1. The van der Waals surface area contributed by atoms with E-state index < -0.39 is 0 Å². The van der Waals surface area contributed by atoms with Crippen LogP contribution in [0.2, 0.25) is 0 Å². The first kappa shape index (κ1) is 13.4. The molecule has 4 heteroatoms. The highest BCUT2D eigenvalue weighted by molar-refractivity contribution is 7.09. The molecule has 2 amide bonds. The number of carbonyl (C=O) groups excluding carboxylic acids is 1. The minimum atomic E-state index is 0.0882. The van der Waals surface area contributed by atoms with Crippen LogP contribution in [-0.2, 0) is 6.54 Å². The number of thiophene rings is 1. The van der Waals surface area contributed by atoms with Crippen molar-refractivity contribution in [1.29, 1.82) is 0 Å². The van der Waals surface area contributed by atoms with Gasteiger partial charge in [-0.3, -0.25) is 0 Å². The maximum Gasteiger partial charge on any atom is 0.318 e. The molecule has 1 aliphatic rings. The lowest BCUT2D eigenvalue weighted by Gasteiger charge is -2.28. The molecule has 1 aliphatic carbocycles. The van der Waals surface area contributed by atoms with Crippen molar-refractivity contribution < 1.29 is 4.79 Å². The summed E-state index contributed by atoms with van der Waals surface area (Å²) in [6.45, 7) is 4.86. The molecule has 0 spiro atoms. The minimum Gasteiger partial charge on any atom is -0.335 e. The molecule has 1 heterocycles. The van der Waals surface area contributed by atoms with E-state index in [-0.39, 0.29) is 12.1 Å². The van der Waals surface area contributed by atoms with E-state index in [9.17, 15) is 4.79 Å². The van der Waals surface area contributed by atoms with Gasteiger partial charge < -0.3 is 10.2 Å². The summed E-state index contributed by atoms with van der Waals surface area (Å²) in [4.78, 5) is 15.4. The SMILES string of the molecule is CC(C)N(Cc1cccs1)C(=O)NC1CCCC1. The quantitative estimate of drug-likeness (QED) is 0.887. The monoisotopic (exact) mass is 266 g/mol. The highest BCUT2D eigenvalue weighted by Gasteiger charge is 2.22. The molecule has 2 rings (SSSR count). The van der Waals surface area contributed by atoms with Gasteiger partial charge in [0.05, 0.1) is 6.54 Å². The lowest BCUT2D eigenvalue weighted by molar-refractivity contribution is 0.176. The molecule has 0 aromatic carbocycles. The van der Waals surface area contributed by atoms with Gasteiger partial charge in [0, 0.05) is 17.0 Å². The third kappa shape index (κ3) is 3.48. The number of rotatable bonds is 4. The normalized spacial score (nSPS) is 16.2. The fourth-order valence-electron chi connectivity index (χ4n) is 2.39. The van der Waals surface area contributed by atoms with Gasteiger partial charge in [-0.2, -0.15) is 0 Å². The molecule has 0 radical (unpaired) electrons. The molecule has 1 N–H and O–H groups in total.